The number of hydrogen-bond acceptors (Lipinski definition) is 3. The molecule has 1 aromatic heterocycles. The summed E-state index contributed by atoms with van der Waals surface area (Å²) in [5.41, 5.74) is 0.707. The molecule has 1 rings (SSSR count). The maximum absolute atomic E-state index is 11.7. The van der Waals surface area contributed by atoms with Crippen molar-refractivity contribution in [3.63, 3.8) is 0 Å². The number of carbonyl (C=O) groups excluding carboxylic acids is 1. The summed E-state index contributed by atoms with van der Waals surface area (Å²) in [6.07, 6.45) is 1.76. The van der Waals surface area contributed by atoms with Gasteiger partial charge >= 0.3 is 0 Å². The van der Waals surface area contributed by atoms with Gasteiger partial charge in [-0.2, -0.15) is 5.10 Å². The minimum absolute atomic E-state index is 0.0436. The highest BCUT2D eigenvalue weighted by molar-refractivity contribution is 5.81. The molecule has 3 N–H and O–H groups in total. The van der Waals surface area contributed by atoms with Crippen molar-refractivity contribution >= 4 is 11.9 Å². The Morgan fingerprint density at radius 1 is 1.29 bits per heavy atom. The van der Waals surface area contributed by atoms with E-state index >= 15 is 0 Å². The number of aliphatic imine (C=N–C) groups is 1. The smallest absolute Gasteiger partial charge is 0.225 e. The molecule has 0 bridgehead atoms. The molecule has 21 heavy (non-hydrogen) atoms. The maximum Gasteiger partial charge on any atom is 0.225 e. The molecule has 0 aliphatic heterocycles. The molecule has 1 aromatic rings. The van der Waals surface area contributed by atoms with E-state index in [-0.39, 0.29) is 11.3 Å². The van der Waals surface area contributed by atoms with Crippen LogP contribution in [0.25, 0.3) is 0 Å². The Balaban J connectivity index is 2.26. The van der Waals surface area contributed by atoms with Crippen LogP contribution < -0.4 is 16.0 Å². The normalized spacial score (nSPS) is 12.1. The van der Waals surface area contributed by atoms with Crippen LogP contribution in [0.15, 0.2) is 17.3 Å². The Bertz CT molecular complexity index is 486. The minimum Gasteiger partial charge on any atom is -0.355 e. The van der Waals surface area contributed by atoms with Gasteiger partial charge in [-0.15, -0.1) is 0 Å². The maximum atomic E-state index is 11.7. The van der Waals surface area contributed by atoms with Crippen LogP contribution in [0.1, 0.15) is 26.5 Å². The van der Waals surface area contributed by atoms with E-state index in [4.69, 9.17) is 0 Å². The second-order valence-corrected chi connectivity index (χ2v) is 5.80. The summed E-state index contributed by atoms with van der Waals surface area (Å²) in [4.78, 5) is 15.8. The average Bonchev–Trinajstić information content (AvgIpc) is 2.82. The van der Waals surface area contributed by atoms with Crippen molar-refractivity contribution in [2.45, 2.75) is 27.3 Å². The van der Waals surface area contributed by atoms with Crippen LogP contribution in [0.5, 0.6) is 0 Å². The highest BCUT2D eigenvalue weighted by Crippen LogP contribution is 2.11. The number of aromatic nitrogens is 2. The molecule has 0 saturated carbocycles. The van der Waals surface area contributed by atoms with Crippen molar-refractivity contribution < 1.29 is 4.79 Å². The molecule has 0 atom stereocenters. The summed E-state index contributed by atoms with van der Waals surface area (Å²) >= 11 is 0. The molecular formula is C14H26N6O. The van der Waals surface area contributed by atoms with Gasteiger partial charge in [-0.1, -0.05) is 20.8 Å². The fraction of sp³-hybridized carbons (Fsp3) is 0.643. The number of carbonyl (C=O) groups is 1. The number of aryl methyl sites for hydroxylation is 1. The minimum atomic E-state index is -0.362. The molecule has 0 radical (unpaired) electrons. The summed E-state index contributed by atoms with van der Waals surface area (Å²) < 4.78 is 1.81. The van der Waals surface area contributed by atoms with Gasteiger partial charge in [0.2, 0.25) is 5.91 Å². The van der Waals surface area contributed by atoms with Crippen molar-refractivity contribution in [1.29, 1.82) is 0 Å². The zero-order valence-corrected chi connectivity index (χ0v) is 13.5. The monoisotopic (exact) mass is 294 g/mol. The lowest BCUT2D eigenvalue weighted by Crippen LogP contribution is -2.43. The van der Waals surface area contributed by atoms with E-state index in [1.807, 2.05) is 38.6 Å². The molecule has 0 fully saturated rings. The first-order valence-corrected chi connectivity index (χ1v) is 7.04. The SMILES string of the molecule is CN=C(NCCNC(=O)C(C)(C)C)NCc1ccnn1C. The third-order valence-electron chi connectivity index (χ3n) is 2.97. The van der Waals surface area contributed by atoms with Gasteiger partial charge in [0.05, 0.1) is 12.2 Å². The van der Waals surface area contributed by atoms with Gasteiger partial charge < -0.3 is 16.0 Å². The number of guanidine groups is 1. The molecule has 0 saturated heterocycles. The zero-order valence-electron chi connectivity index (χ0n) is 13.5. The summed E-state index contributed by atoms with van der Waals surface area (Å²) in [6, 6.07) is 1.95. The first-order chi connectivity index (χ1) is 9.84. The number of rotatable bonds is 5. The summed E-state index contributed by atoms with van der Waals surface area (Å²) in [5, 5.41) is 13.3. The third-order valence-corrected chi connectivity index (χ3v) is 2.97. The van der Waals surface area contributed by atoms with Gasteiger partial charge in [0, 0.05) is 38.8 Å². The second kappa shape index (κ2) is 7.66. The van der Waals surface area contributed by atoms with Crippen molar-refractivity contribution in [2.75, 3.05) is 20.1 Å². The van der Waals surface area contributed by atoms with Crippen LogP contribution in [0.4, 0.5) is 0 Å². The molecule has 0 aliphatic rings. The fourth-order valence-electron chi connectivity index (χ4n) is 1.59. The molecule has 1 amide bonds. The van der Waals surface area contributed by atoms with Crippen molar-refractivity contribution in [3.8, 4) is 0 Å². The zero-order chi connectivity index (χ0) is 15.9. The van der Waals surface area contributed by atoms with E-state index < -0.39 is 0 Å². The summed E-state index contributed by atoms with van der Waals surface area (Å²) in [7, 11) is 3.61. The average molecular weight is 294 g/mol. The van der Waals surface area contributed by atoms with Crippen LogP contribution in [-0.4, -0.2) is 41.8 Å². The first kappa shape index (κ1) is 17.0. The number of hydrogen-bond donors (Lipinski definition) is 3. The molecule has 0 unspecified atom stereocenters. The van der Waals surface area contributed by atoms with Gasteiger partial charge in [-0.25, -0.2) is 0 Å². The van der Waals surface area contributed by atoms with Gasteiger partial charge in [0.15, 0.2) is 5.96 Å². The van der Waals surface area contributed by atoms with Gasteiger partial charge in [-0.05, 0) is 6.07 Å². The highest BCUT2D eigenvalue weighted by Gasteiger charge is 2.20. The van der Waals surface area contributed by atoms with Crippen molar-refractivity contribution in [2.24, 2.45) is 17.5 Å². The fourth-order valence-corrected chi connectivity index (χ4v) is 1.59. The quantitative estimate of drug-likeness (QED) is 0.413. The second-order valence-electron chi connectivity index (χ2n) is 5.80. The van der Waals surface area contributed by atoms with E-state index in [9.17, 15) is 4.79 Å². The van der Waals surface area contributed by atoms with E-state index in [1.54, 1.807) is 13.2 Å². The molecule has 7 heteroatoms. The molecule has 0 aliphatic carbocycles. The predicted molar refractivity (Wildman–Crippen MR) is 83.9 cm³/mol. The standard InChI is InChI=1S/C14H26N6O/c1-14(2,3)12(21)16-8-9-17-13(15-4)18-10-11-6-7-19-20(11)5/h6-7H,8-10H2,1-5H3,(H,16,21)(H2,15,17,18). The van der Waals surface area contributed by atoms with Gasteiger partial charge in [0.25, 0.3) is 0 Å². The van der Waals surface area contributed by atoms with Gasteiger partial charge in [-0.3, -0.25) is 14.5 Å². The highest BCUT2D eigenvalue weighted by atomic mass is 16.2. The number of nitrogens with one attached hydrogen (secondary N) is 3. The summed E-state index contributed by atoms with van der Waals surface area (Å²) in [6.45, 7) is 7.50. The van der Waals surface area contributed by atoms with E-state index in [2.05, 4.69) is 26.0 Å². The molecule has 118 valence electrons. The lowest BCUT2D eigenvalue weighted by Gasteiger charge is -2.18. The topological polar surface area (TPSA) is 83.3 Å². The lowest BCUT2D eigenvalue weighted by molar-refractivity contribution is -0.128. The lowest BCUT2D eigenvalue weighted by atomic mass is 9.96. The Labute approximate surface area is 126 Å². The number of amides is 1. The van der Waals surface area contributed by atoms with E-state index in [0.29, 0.717) is 25.6 Å². The summed E-state index contributed by atoms with van der Waals surface area (Å²) in [5.74, 6) is 0.739. The van der Waals surface area contributed by atoms with Gasteiger partial charge in [0.1, 0.15) is 0 Å². The van der Waals surface area contributed by atoms with Crippen LogP contribution in [0.3, 0.4) is 0 Å². The molecule has 1 heterocycles. The van der Waals surface area contributed by atoms with E-state index in [0.717, 1.165) is 5.69 Å². The molecule has 0 aromatic carbocycles. The van der Waals surface area contributed by atoms with Crippen LogP contribution in [0, 0.1) is 5.41 Å². The Kier molecular flexibility index (Phi) is 6.20. The van der Waals surface area contributed by atoms with Crippen LogP contribution in [-0.2, 0) is 18.4 Å². The first-order valence-electron chi connectivity index (χ1n) is 7.04. The Morgan fingerprint density at radius 2 is 1.95 bits per heavy atom. The molecule has 0 spiro atoms. The third kappa shape index (κ3) is 5.85. The Morgan fingerprint density at radius 3 is 2.48 bits per heavy atom. The van der Waals surface area contributed by atoms with Crippen molar-refractivity contribution in [1.82, 2.24) is 25.7 Å². The predicted octanol–water partition coefficient (Wildman–Crippen LogP) is 0.247. The molecule has 7 nitrogen and oxygen atoms in total. The van der Waals surface area contributed by atoms with Crippen LogP contribution in [0.2, 0.25) is 0 Å². The molecular weight excluding hydrogens is 268 g/mol. The number of nitrogens with zero attached hydrogens (tertiary/aromatic N) is 3. The largest absolute Gasteiger partial charge is 0.355 e. The Hall–Kier alpha value is -2.05. The van der Waals surface area contributed by atoms with E-state index in [1.165, 1.54) is 0 Å². The van der Waals surface area contributed by atoms with Crippen molar-refractivity contribution in [3.05, 3.63) is 18.0 Å². The van der Waals surface area contributed by atoms with Crippen LogP contribution >= 0.6 is 0 Å².